The minimum Gasteiger partial charge on any atom is -0.478 e. The second-order valence-electron chi connectivity index (χ2n) is 3.55. The van der Waals surface area contributed by atoms with Crippen LogP contribution in [0, 0.1) is 6.92 Å². The number of nitrogens with one attached hydrogen (secondary N) is 1. The van der Waals surface area contributed by atoms with Gasteiger partial charge in [-0.2, -0.15) is 0 Å². The summed E-state index contributed by atoms with van der Waals surface area (Å²) in [6.45, 7) is 5.44. The van der Waals surface area contributed by atoms with Crippen LogP contribution >= 0.6 is 11.3 Å². The smallest absolute Gasteiger partial charge is 0.218 e. The summed E-state index contributed by atoms with van der Waals surface area (Å²) >= 11 is 1.75. The van der Waals surface area contributed by atoms with Gasteiger partial charge in [-0.1, -0.05) is 0 Å². The van der Waals surface area contributed by atoms with Gasteiger partial charge in [0.25, 0.3) is 0 Å². The number of ether oxygens (including phenoxy) is 1. The highest BCUT2D eigenvalue weighted by Gasteiger charge is 2.02. The Hall–Kier alpha value is -1.62. The highest BCUT2D eigenvalue weighted by molar-refractivity contribution is 7.10. The molecule has 0 spiro atoms. The van der Waals surface area contributed by atoms with E-state index in [1.54, 1.807) is 11.3 Å². The molecule has 2 heterocycles. The maximum atomic E-state index is 5.32. The van der Waals surface area contributed by atoms with Gasteiger partial charge in [0.1, 0.15) is 12.1 Å². The molecule has 0 bridgehead atoms. The van der Waals surface area contributed by atoms with Gasteiger partial charge in [0, 0.05) is 10.9 Å². The maximum absolute atomic E-state index is 5.32. The molecule has 17 heavy (non-hydrogen) atoms. The largest absolute Gasteiger partial charge is 0.478 e. The lowest BCUT2D eigenvalue weighted by molar-refractivity contribution is 0.326. The van der Waals surface area contributed by atoms with E-state index in [2.05, 4.69) is 33.7 Å². The Morgan fingerprint density at radius 3 is 3.00 bits per heavy atom. The van der Waals surface area contributed by atoms with E-state index in [0.29, 0.717) is 12.5 Å². The Labute approximate surface area is 105 Å². The molecule has 0 aliphatic carbocycles. The van der Waals surface area contributed by atoms with Gasteiger partial charge in [0.2, 0.25) is 5.88 Å². The van der Waals surface area contributed by atoms with E-state index in [1.165, 1.54) is 16.8 Å². The van der Waals surface area contributed by atoms with Crippen LogP contribution in [-0.4, -0.2) is 16.6 Å². The molecular weight excluding hydrogens is 234 g/mol. The van der Waals surface area contributed by atoms with Gasteiger partial charge in [0.05, 0.1) is 13.2 Å². The Bertz CT molecular complexity index is 484. The fraction of sp³-hybridized carbons (Fsp3) is 0.333. The lowest BCUT2D eigenvalue weighted by Crippen LogP contribution is -2.02. The molecule has 2 aromatic rings. The molecule has 0 aromatic carbocycles. The molecule has 4 nitrogen and oxygen atoms in total. The van der Waals surface area contributed by atoms with E-state index >= 15 is 0 Å². The molecule has 0 fully saturated rings. The quantitative estimate of drug-likeness (QED) is 0.885. The second-order valence-corrected chi connectivity index (χ2v) is 4.56. The number of aryl methyl sites for hydroxylation is 1. The Morgan fingerprint density at radius 2 is 2.29 bits per heavy atom. The molecule has 0 saturated carbocycles. The van der Waals surface area contributed by atoms with Crippen molar-refractivity contribution in [3.63, 3.8) is 0 Å². The zero-order chi connectivity index (χ0) is 12.1. The number of hydrogen-bond acceptors (Lipinski definition) is 5. The molecule has 0 atom stereocenters. The third-order valence-electron chi connectivity index (χ3n) is 2.33. The van der Waals surface area contributed by atoms with Crippen LogP contribution in [0.4, 0.5) is 5.82 Å². The zero-order valence-electron chi connectivity index (χ0n) is 9.93. The van der Waals surface area contributed by atoms with E-state index in [-0.39, 0.29) is 0 Å². The predicted molar refractivity (Wildman–Crippen MR) is 69.6 cm³/mol. The molecule has 0 aliphatic rings. The lowest BCUT2D eigenvalue weighted by atomic mass is 10.3. The zero-order valence-corrected chi connectivity index (χ0v) is 10.8. The predicted octanol–water partition coefficient (Wildman–Crippen LogP) is 2.86. The summed E-state index contributed by atoms with van der Waals surface area (Å²) in [6.07, 6.45) is 1.51. The van der Waals surface area contributed by atoms with Crippen molar-refractivity contribution in [2.75, 3.05) is 11.9 Å². The van der Waals surface area contributed by atoms with Crippen LogP contribution < -0.4 is 10.1 Å². The van der Waals surface area contributed by atoms with Gasteiger partial charge in [0.15, 0.2) is 0 Å². The molecule has 0 unspecified atom stereocenters. The highest BCUT2D eigenvalue weighted by atomic mass is 32.1. The summed E-state index contributed by atoms with van der Waals surface area (Å²) in [7, 11) is 0. The van der Waals surface area contributed by atoms with Gasteiger partial charge < -0.3 is 10.1 Å². The summed E-state index contributed by atoms with van der Waals surface area (Å²) in [4.78, 5) is 9.50. The molecule has 0 radical (unpaired) electrons. The second kappa shape index (κ2) is 5.63. The number of hydrogen-bond donors (Lipinski definition) is 1. The van der Waals surface area contributed by atoms with E-state index in [1.807, 2.05) is 13.0 Å². The number of anilines is 1. The van der Waals surface area contributed by atoms with Gasteiger partial charge in [-0.05, 0) is 30.9 Å². The number of nitrogens with zero attached hydrogens (tertiary/aromatic N) is 2. The summed E-state index contributed by atoms with van der Waals surface area (Å²) in [6, 6.07) is 3.93. The van der Waals surface area contributed by atoms with Crippen molar-refractivity contribution in [3.05, 3.63) is 34.3 Å². The fourth-order valence-electron chi connectivity index (χ4n) is 1.42. The standard InChI is InChI=1S/C12H15N3OS/c1-3-16-12-6-11(14-8-15-12)13-7-10-9(2)4-5-17-10/h4-6,8H,3,7H2,1-2H3,(H,13,14,15). The van der Waals surface area contributed by atoms with Gasteiger partial charge in [-0.25, -0.2) is 9.97 Å². The summed E-state index contributed by atoms with van der Waals surface area (Å²) in [5, 5.41) is 5.36. The van der Waals surface area contributed by atoms with Gasteiger partial charge in [-0.3, -0.25) is 0 Å². The molecule has 0 saturated heterocycles. The number of rotatable bonds is 5. The van der Waals surface area contributed by atoms with Crippen LogP contribution in [0.1, 0.15) is 17.4 Å². The highest BCUT2D eigenvalue weighted by Crippen LogP contribution is 2.18. The third kappa shape index (κ3) is 3.17. The first kappa shape index (κ1) is 11.9. The molecule has 5 heteroatoms. The van der Waals surface area contributed by atoms with Crippen LogP contribution in [-0.2, 0) is 6.54 Å². The summed E-state index contributed by atoms with van der Waals surface area (Å²) in [5.41, 5.74) is 1.31. The van der Waals surface area contributed by atoms with Crippen LogP contribution in [0.15, 0.2) is 23.8 Å². The van der Waals surface area contributed by atoms with E-state index < -0.39 is 0 Å². The van der Waals surface area contributed by atoms with Crippen molar-refractivity contribution in [2.24, 2.45) is 0 Å². The van der Waals surface area contributed by atoms with Crippen LogP contribution in [0.3, 0.4) is 0 Å². The Morgan fingerprint density at radius 1 is 1.41 bits per heavy atom. The Kier molecular flexibility index (Phi) is 3.93. The van der Waals surface area contributed by atoms with Gasteiger partial charge >= 0.3 is 0 Å². The molecule has 0 aliphatic heterocycles. The van der Waals surface area contributed by atoms with E-state index in [4.69, 9.17) is 4.74 Å². The molecule has 1 N–H and O–H groups in total. The fourth-order valence-corrected chi connectivity index (χ4v) is 2.26. The first-order valence-electron chi connectivity index (χ1n) is 5.51. The van der Waals surface area contributed by atoms with Crippen molar-refractivity contribution in [1.29, 1.82) is 0 Å². The van der Waals surface area contributed by atoms with Crippen molar-refractivity contribution in [2.45, 2.75) is 20.4 Å². The van der Waals surface area contributed by atoms with E-state index in [9.17, 15) is 0 Å². The minimum atomic E-state index is 0.605. The van der Waals surface area contributed by atoms with Crippen LogP contribution in [0.2, 0.25) is 0 Å². The van der Waals surface area contributed by atoms with Crippen molar-refractivity contribution >= 4 is 17.2 Å². The normalized spacial score (nSPS) is 10.2. The average Bonchev–Trinajstić information content (AvgIpc) is 2.73. The average molecular weight is 249 g/mol. The number of aromatic nitrogens is 2. The molecule has 2 aromatic heterocycles. The van der Waals surface area contributed by atoms with Crippen molar-refractivity contribution in [3.8, 4) is 5.88 Å². The monoisotopic (exact) mass is 249 g/mol. The van der Waals surface area contributed by atoms with Crippen LogP contribution in [0.25, 0.3) is 0 Å². The first-order chi connectivity index (χ1) is 8.29. The summed E-state index contributed by atoms with van der Waals surface area (Å²) in [5.74, 6) is 1.39. The SMILES string of the molecule is CCOc1cc(NCc2sccc2C)ncn1. The molecule has 90 valence electrons. The lowest BCUT2D eigenvalue weighted by Gasteiger charge is -2.06. The first-order valence-corrected chi connectivity index (χ1v) is 6.39. The molecule has 2 rings (SSSR count). The molecular formula is C12H15N3OS. The molecule has 0 amide bonds. The van der Waals surface area contributed by atoms with Gasteiger partial charge in [-0.15, -0.1) is 11.3 Å². The van der Waals surface area contributed by atoms with E-state index in [0.717, 1.165) is 12.4 Å². The maximum Gasteiger partial charge on any atom is 0.218 e. The number of thiophene rings is 1. The third-order valence-corrected chi connectivity index (χ3v) is 3.36. The topological polar surface area (TPSA) is 47.0 Å². The summed E-state index contributed by atoms with van der Waals surface area (Å²) < 4.78 is 5.32. The van der Waals surface area contributed by atoms with Crippen molar-refractivity contribution in [1.82, 2.24) is 9.97 Å². The van der Waals surface area contributed by atoms with Crippen LogP contribution in [0.5, 0.6) is 5.88 Å². The van der Waals surface area contributed by atoms with Crippen molar-refractivity contribution < 1.29 is 4.74 Å². The Balaban J connectivity index is 1.99. The minimum absolute atomic E-state index is 0.605.